The van der Waals surface area contributed by atoms with Gasteiger partial charge in [-0.25, -0.2) is 0 Å². The molecule has 2 aromatic rings. The Morgan fingerprint density at radius 2 is 1.82 bits per heavy atom. The van der Waals surface area contributed by atoms with Gasteiger partial charge in [0.15, 0.2) is 0 Å². The summed E-state index contributed by atoms with van der Waals surface area (Å²) in [7, 11) is -2.18. The van der Waals surface area contributed by atoms with Gasteiger partial charge in [0.2, 0.25) is 5.91 Å². The quantitative estimate of drug-likeness (QED) is 0.692. The van der Waals surface area contributed by atoms with E-state index >= 15 is 0 Å². The Morgan fingerprint density at radius 3 is 2.48 bits per heavy atom. The zero-order valence-electron chi connectivity index (χ0n) is 18.5. The Kier molecular flexibility index (Phi) is 6.76. The molecule has 0 radical (unpaired) electrons. The predicted molar refractivity (Wildman–Crippen MR) is 130 cm³/mol. The maximum absolute atomic E-state index is 12.8. The molecule has 33 heavy (non-hydrogen) atoms. The smallest absolute Gasteiger partial charge is 0.285 e. The highest BCUT2D eigenvalue weighted by atomic mass is 35.5. The average Bonchev–Trinajstić information content (AvgIpc) is 3.07. The fourth-order valence-corrected chi connectivity index (χ4v) is 5.92. The maximum Gasteiger partial charge on any atom is 0.285 e. The molecule has 1 N–H and O–H groups in total. The molecule has 2 heterocycles. The highest BCUT2D eigenvalue weighted by molar-refractivity contribution is 8.00. The molecule has 0 aliphatic carbocycles. The van der Waals surface area contributed by atoms with Crippen LogP contribution in [0.5, 0.6) is 5.75 Å². The molecule has 1 saturated heterocycles. The van der Waals surface area contributed by atoms with Crippen molar-refractivity contribution in [3.63, 3.8) is 0 Å². The number of amides is 1. The molecule has 1 fully saturated rings. The lowest BCUT2D eigenvalue weighted by molar-refractivity contribution is -0.126. The van der Waals surface area contributed by atoms with Crippen LogP contribution in [0.25, 0.3) is 4.91 Å². The minimum absolute atomic E-state index is 0.00402. The van der Waals surface area contributed by atoms with E-state index < -0.39 is 10.0 Å². The van der Waals surface area contributed by atoms with E-state index in [4.69, 9.17) is 16.3 Å². The summed E-state index contributed by atoms with van der Waals surface area (Å²) in [5.41, 5.74) is 2.12. The lowest BCUT2D eigenvalue weighted by atomic mass is 9.95. The standard InChI is InChI=1S/C24H26ClN3O4S/c1-16-22(17-7-9-20(25)10-8-17)33(30,31)27-23(16)28-13-11-18(12-14-28)24(29)26-15-19-5-3-4-6-21(19)32-2/h3-10,18H,11-15H2,1-2H3,(H,26,29). The van der Waals surface area contributed by atoms with Crippen LogP contribution in [-0.4, -0.2) is 45.3 Å². The number of rotatable bonds is 5. The van der Waals surface area contributed by atoms with Crippen molar-refractivity contribution in [1.82, 2.24) is 10.2 Å². The van der Waals surface area contributed by atoms with Gasteiger partial charge in [0.25, 0.3) is 10.0 Å². The lowest BCUT2D eigenvalue weighted by Gasteiger charge is -2.32. The number of hydrogen-bond donors (Lipinski definition) is 1. The zero-order chi connectivity index (χ0) is 23.6. The molecule has 2 aliphatic rings. The van der Waals surface area contributed by atoms with Gasteiger partial charge in [-0.1, -0.05) is 41.9 Å². The van der Waals surface area contributed by atoms with Gasteiger partial charge in [-0.15, -0.1) is 4.40 Å². The Balaban J connectivity index is 1.40. The molecule has 2 aliphatic heterocycles. The van der Waals surface area contributed by atoms with Crippen LogP contribution < -0.4 is 10.1 Å². The summed E-state index contributed by atoms with van der Waals surface area (Å²) < 4.78 is 35.0. The number of likely N-dealkylation sites (tertiary alicyclic amines) is 1. The molecule has 4 rings (SSSR count). The number of nitrogens with one attached hydrogen (secondary N) is 1. The van der Waals surface area contributed by atoms with Crippen molar-refractivity contribution in [2.24, 2.45) is 10.3 Å². The second kappa shape index (κ2) is 9.57. The minimum Gasteiger partial charge on any atom is -0.496 e. The van der Waals surface area contributed by atoms with Crippen LogP contribution in [0.4, 0.5) is 0 Å². The van der Waals surface area contributed by atoms with Crippen molar-refractivity contribution in [2.75, 3.05) is 20.2 Å². The van der Waals surface area contributed by atoms with Crippen molar-refractivity contribution in [3.05, 3.63) is 70.3 Å². The highest BCUT2D eigenvalue weighted by Gasteiger charge is 2.35. The monoisotopic (exact) mass is 487 g/mol. The van der Waals surface area contributed by atoms with E-state index in [1.54, 1.807) is 38.3 Å². The number of methoxy groups -OCH3 is 1. The number of amidine groups is 1. The largest absolute Gasteiger partial charge is 0.496 e. The van der Waals surface area contributed by atoms with E-state index in [1.807, 2.05) is 29.2 Å². The second-order valence-electron chi connectivity index (χ2n) is 8.14. The molecule has 0 unspecified atom stereocenters. The third-order valence-electron chi connectivity index (χ3n) is 6.06. The molecule has 0 spiro atoms. The van der Waals surface area contributed by atoms with E-state index in [0.29, 0.717) is 54.5 Å². The molecular weight excluding hydrogens is 462 g/mol. The third kappa shape index (κ3) is 4.91. The van der Waals surface area contributed by atoms with Gasteiger partial charge >= 0.3 is 0 Å². The molecule has 0 saturated carbocycles. The number of hydrogen-bond acceptors (Lipinski definition) is 5. The summed E-state index contributed by atoms with van der Waals surface area (Å²) in [5, 5.41) is 3.54. The molecule has 174 valence electrons. The molecule has 9 heteroatoms. The van der Waals surface area contributed by atoms with E-state index in [2.05, 4.69) is 9.71 Å². The van der Waals surface area contributed by atoms with Gasteiger partial charge in [-0.05, 0) is 43.5 Å². The fourth-order valence-electron chi connectivity index (χ4n) is 4.31. The average molecular weight is 488 g/mol. The molecule has 0 aromatic heterocycles. The van der Waals surface area contributed by atoms with Crippen LogP contribution in [0.2, 0.25) is 5.02 Å². The number of nitrogens with zero attached hydrogens (tertiary/aromatic N) is 2. The predicted octanol–water partition coefficient (Wildman–Crippen LogP) is 3.85. The number of piperidine rings is 1. The molecule has 2 aromatic carbocycles. The Bertz CT molecular complexity index is 1210. The third-order valence-corrected chi connectivity index (χ3v) is 7.78. The number of carbonyl (C=O) groups is 1. The molecule has 7 nitrogen and oxygen atoms in total. The fraction of sp³-hybridized carbons (Fsp3) is 0.333. The van der Waals surface area contributed by atoms with Gasteiger partial charge in [-0.3, -0.25) is 4.79 Å². The SMILES string of the molecule is COc1ccccc1CNC(=O)C1CCN(C2=NS(=O)(=O)C(c3ccc(Cl)cc3)=C2C)CC1. The van der Waals surface area contributed by atoms with Gasteiger partial charge in [0, 0.05) is 41.7 Å². The summed E-state index contributed by atoms with van der Waals surface area (Å²) >= 11 is 5.95. The van der Waals surface area contributed by atoms with Crippen LogP contribution in [0.1, 0.15) is 30.9 Å². The first-order valence-corrected chi connectivity index (χ1v) is 12.6. The van der Waals surface area contributed by atoms with Crippen molar-refractivity contribution in [3.8, 4) is 5.75 Å². The maximum atomic E-state index is 12.8. The summed E-state index contributed by atoms with van der Waals surface area (Å²) in [5.74, 6) is 1.07. The van der Waals surface area contributed by atoms with Crippen molar-refractivity contribution < 1.29 is 17.9 Å². The first-order chi connectivity index (χ1) is 15.8. The Labute approximate surface area is 199 Å². The number of ether oxygens (including phenoxy) is 1. The topological polar surface area (TPSA) is 88.1 Å². The number of para-hydroxylation sites is 1. The van der Waals surface area contributed by atoms with Gasteiger partial charge in [0.05, 0.1) is 7.11 Å². The molecular formula is C24H26ClN3O4S. The van der Waals surface area contributed by atoms with Crippen molar-refractivity contribution in [1.29, 1.82) is 0 Å². The van der Waals surface area contributed by atoms with E-state index in [1.165, 1.54) is 0 Å². The van der Waals surface area contributed by atoms with Crippen molar-refractivity contribution in [2.45, 2.75) is 26.3 Å². The Morgan fingerprint density at radius 1 is 1.15 bits per heavy atom. The van der Waals surface area contributed by atoms with Crippen molar-refractivity contribution >= 4 is 38.3 Å². The summed E-state index contributed by atoms with van der Waals surface area (Å²) in [6.07, 6.45) is 1.25. The number of benzene rings is 2. The van der Waals surface area contributed by atoms with Crippen LogP contribution in [0, 0.1) is 5.92 Å². The normalized spacial score (nSPS) is 18.3. The number of halogens is 1. The van der Waals surface area contributed by atoms with Crippen LogP contribution in [0.15, 0.2) is 58.5 Å². The number of carbonyl (C=O) groups excluding carboxylic acids is 1. The van der Waals surface area contributed by atoms with Gasteiger partial charge in [-0.2, -0.15) is 8.42 Å². The zero-order valence-corrected chi connectivity index (χ0v) is 20.1. The van der Waals surface area contributed by atoms with Gasteiger partial charge < -0.3 is 15.0 Å². The molecule has 0 atom stereocenters. The summed E-state index contributed by atoms with van der Waals surface area (Å²) in [4.78, 5) is 14.9. The highest BCUT2D eigenvalue weighted by Crippen LogP contribution is 2.35. The first kappa shape index (κ1) is 23.3. The van der Waals surface area contributed by atoms with E-state index in [0.717, 1.165) is 11.3 Å². The van der Waals surface area contributed by atoms with Crippen LogP contribution in [0.3, 0.4) is 0 Å². The molecule has 0 bridgehead atoms. The minimum atomic E-state index is -3.78. The Hall–Kier alpha value is -2.84. The summed E-state index contributed by atoms with van der Waals surface area (Å²) in [6, 6.07) is 14.3. The van der Waals surface area contributed by atoms with Crippen LogP contribution >= 0.6 is 11.6 Å². The summed E-state index contributed by atoms with van der Waals surface area (Å²) in [6.45, 7) is 3.30. The second-order valence-corrected chi connectivity index (χ2v) is 10.1. The van der Waals surface area contributed by atoms with Crippen LogP contribution in [-0.2, 0) is 21.4 Å². The molecule has 1 amide bonds. The lowest BCUT2D eigenvalue weighted by Crippen LogP contribution is -2.43. The first-order valence-electron chi connectivity index (χ1n) is 10.8. The van der Waals surface area contributed by atoms with E-state index in [-0.39, 0.29) is 16.7 Å². The van der Waals surface area contributed by atoms with E-state index in [9.17, 15) is 13.2 Å². The number of sulfonamides is 1. The van der Waals surface area contributed by atoms with Gasteiger partial charge in [0.1, 0.15) is 16.5 Å².